The SMILES string of the molecule is O=S(=O)(c1ccc(Br)s1)N1CCCCCC1CO. The molecular weight excluding hydrogens is 338 g/mol. The standard InChI is InChI=1S/C11H16BrNO3S2/c12-10-5-6-11(17-10)18(15,16)13-7-3-1-2-4-9(13)8-14/h5-6,9,14H,1-4,7-8H2. The van der Waals surface area contributed by atoms with E-state index in [4.69, 9.17) is 0 Å². The fourth-order valence-corrected chi connectivity index (χ4v) is 6.03. The number of hydrogen-bond acceptors (Lipinski definition) is 4. The summed E-state index contributed by atoms with van der Waals surface area (Å²) in [4.78, 5) is 0. The first kappa shape index (κ1) is 14.5. The molecule has 0 radical (unpaired) electrons. The van der Waals surface area contributed by atoms with Gasteiger partial charge in [0.25, 0.3) is 10.0 Å². The molecule has 1 aromatic rings. The minimum Gasteiger partial charge on any atom is -0.395 e. The Balaban J connectivity index is 2.32. The minimum absolute atomic E-state index is 0.105. The third-order valence-electron chi connectivity index (χ3n) is 3.15. The minimum atomic E-state index is -3.46. The normalized spacial score (nSPS) is 22.9. The highest BCUT2D eigenvalue weighted by Gasteiger charge is 2.32. The quantitative estimate of drug-likeness (QED) is 0.907. The average molecular weight is 354 g/mol. The highest BCUT2D eigenvalue weighted by atomic mass is 79.9. The van der Waals surface area contributed by atoms with Crippen LogP contribution in [-0.4, -0.2) is 37.0 Å². The molecule has 18 heavy (non-hydrogen) atoms. The third kappa shape index (κ3) is 2.96. The molecule has 7 heteroatoms. The van der Waals surface area contributed by atoms with E-state index in [-0.39, 0.29) is 12.6 Å². The number of halogens is 1. The van der Waals surface area contributed by atoms with Crippen LogP contribution in [0.2, 0.25) is 0 Å². The number of thiophene rings is 1. The summed E-state index contributed by atoms with van der Waals surface area (Å²) in [6, 6.07) is 3.07. The zero-order chi connectivity index (χ0) is 13.2. The van der Waals surface area contributed by atoms with Crippen LogP contribution < -0.4 is 0 Å². The molecule has 1 atom stereocenters. The second-order valence-electron chi connectivity index (χ2n) is 4.36. The lowest BCUT2D eigenvalue weighted by atomic mass is 10.1. The van der Waals surface area contributed by atoms with Gasteiger partial charge in [-0.3, -0.25) is 0 Å². The van der Waals surface area contributed by atoms with Gasteiger partial charge in [-0.1, -0.05) is 12.8 Å². The fraction of sp³-hybridized carbons (Fsp3) is 0.636. The van der Waals surface area contributed by atoms with Crippen LogP contribution in [0.3, 0.4) is 0 Å². The summed E-state index contributed by atoms with van der Waals surface area (Å²) in [7, 11) is -3.46. The molecule has 1 fully saturated rings. The number of nitrogens with zero attached hydrogens (tertiary/aromatic N) is 1. The molecule has 1 aromatic heterocycles. The van der Waals surface area contributed by atoms with Gasteiger partial charge in [-0.2, -0.15) is 4.31 Å². The Morgan fingerprint density at radius 1 is 1.39 bits per heavy atom. The van der Waals surface area contributed by atoms with Gasteiger partial charge in [0, 0.05) is 12.6 Å². The molecule has 2 heterocycles. The van der Waals surface area contributed by atoms with Crippen molar-refractivity contribution in [1.82, 2.24) is 4.31 Å². The second-order valence-corrected chi connectivity index (χ2v) is 8.94. The van der Waals surface area contributed by atoms with Crippen molar-refractivity contribution in [2.75, 3.05) is 13.2 Å². The Labute approximate surface area is 120 Å². The summed E-state index contributed by atoms with van der Waals surface area (Å²) in [5.74, 6) is 0. The Morgan fingerprint density at radius 3 is 2.78 bits per heavy atom. The lowest BCUT2D eigenvalue weighted by molar-refractivity contribution is 0.186. The monoisotopic (exact) mass is 353 g/mol. The van der Waals surface area contributed by atoms with E-state index in [1.807, 2.05) is 0 Å². The van der Waals surface area contributed by atoms with E-state index in [1.54, 1.807) is 12.1 Å². The molecular formula is C11H16BrNO3S2. The van der Waals surface area contributed by atoms with Crippen molar-refractivity contribution in [1.29, 1.82) is 0 Å². The van der Waals surface area contributed by atoms with Gasteiger partial charge in [-0.05, 0) is 40.9 Å². The largest absolute Gasteiger partial charge is 0.395 e. The van der Waals surface area contributed by atoms with Gasteiger partial charge in [0.15, 0.2) is 0 Å². The van der Waals surface area contributed by atoms with Crippen molar-refractivity contribution >= 4 is 37.3 Å². The summed E-state index contributed by atoms with van der Waals surface area (Å²) in [5.41, 5.74) is 0. The van der Waals surface area contributed by atoms with E-state index in [0.717, 1.165) is 29.5 Å². The lowest BCUT2D eigenvalue weighted by Crippen LogP contribution is -2.41. The van der Waals surface area contributed by atoms with Gasteiger partial charge in [-0.15, -0.1) is 11.3 Å². The van der Waals surface area contributed by atoms with E-state index in [2.05, 4.69) is 15.9 Å². The predicted molar refractivity (Wildman–Crippen MR) is 75.3 cm³/mol. The van der Waals surface area contributed by atoms with Crippen LogP contribution >= 0.6 is 27.3 Å². The predicted octanol–water partition coefficient (Wildman–Crippen LogP) is 2.44. The van der Waals surface area contributed by atoms with E-state index >= 15 is 0 Å². The highest BCUT2D eigenvalue weighted by molar-refractivity contribution is 9.11. The first-order chi connectivity index (χ1) is 8.55. The summed E-state index contributed by atoms with van der Waals surface area (Å²) in [6.45, 7) is 0.398. The highest BCUT2D eigenvalue weighted by Crippen LogP contribution is 2.31. The fourth-order valence-electron chi connectivity index (χ4n) is 2.20. The maximum atomic E-state index is 12.5. The van der Waals surface area contributed by atoms with E-state index in [1.165, 1.54) is 15.6 Å². The molecule has 0 saturated carbocycles. The molecule has 1 aliphatic rings. The molecule has 0 amide bonds. The summed E-state index contributed by atoms with van der Waals surface area (Å²) in [6.07, 6.45) is 3.60. The Bertz CT molecular complexity index is 500. The maximum Gasteiger partial charge on any atom is 0.252 e. The first-order valence-corrected chi connectivity index (χ1v) is 8.98. The van der Waals surface area contributed by atoms with Gasteiger partial charge >= 0.3 is 0 Å². The number of aliphatic hydroxyl groups is 1. The molecule has 1 saturated heterocycles. The van der Waals surface area contributed by atoms with Crippen LogP contribution in [0.15, 0.2) is 20.1 Å². The van der Waals surface area contributed by atoms with Crippen LogP contribution in [0.25, 0.3) is 0 Å². The first-order valence-electron chi connectivity index (χ1n) is 5.94. The van der Waals surface area contributed by atoms with Crippen molar-refractivity contribution in [2.45, 2.75) is 35.9 Å². The molecule has 0 bridgehead atoms. The van der Waals surface area contributed by atoms with Crippen LogP contribution in [0.4, 0.5) is 0 Å². The van der Waals surface area contributed by atoms with Gasteiger partial charge < -0.3 is 5.11 Å². The molecule has 2 rings (SSSR count). The second kappa shape index (κ2) is 6.00. The summed E-state index contributed by atoms with van der Waals surface area (Å²) < 4.78 is 27.7. The number of sulfonamides is 1. The van der Waals surface area contributed by atoms with E-state index < -0.39 is 10.0 Å². The molecule has 1 aliphatic heterocycles. The molecule has 4 nitrogen and oxygen atoms in total. The van der Waals surface area contributed by atoms with Crippen LogP contribution in [0.1, 0.15) is 25.7 Å². The van der Waals surface area contributed by atoms with Crippen LogP contribution in [0.5, 0.6) is 0 Å². The summed E-state index contributed by atoms with van der Waals surface area (Å²) >= 11 is 4.50. The molecule has 0 spiro atoms. The van der Waals surface area contributed by atoms with Gasteiger partial charge in [0.05, 0.1) is 10.4 Å². The van der Waals surface area contributed by atoms with Crippen LogP contribution in [-0.2, 0) is 10.0 Å². The van der Waals surface area contributed by atoms with Crippen molar-refractivity contribution < 1.29 is 13.5 Å². The molecule has 1 N–H and O–H groups in total. The van der Waals surface area contributed by atoms with Gasteiger partial charge in [0.1, 0.15) is 4.21 Å². The zero-order valence-corrected chi connectivity index (χ0v) is 13.1. The summed E-state index contributed by atoms with van der Waals surface area (Å²) in [5, 5.41) is 9.39. The smallest absolute Gasteiger partial charge is 0.252 e. The molecule has 102 valence electrons. The number of aliphatic hydroxyl groups excluding tert-OH is 1. The number of hydrogen-bond donors (Lipinski definition) is 1. The molecule has 0 aromatic carbocycles. The third-order valence-corrected chi connectivity index (χ3v) is 7.19. The molecule has 0 aliphatic carbocycles. The topological polar surface area (TPSA) is 57.6 Å². The zero-order valence-electron chi connectivity index (χ0n) is 9.88. The Morgan fingerprint density at radius 2 is 2.17 bits per heavy atom. The molecule has 1 unspecified atom stereocenters. The van der Waals surface area contributed by atoms with Crippen molar-refractivity contribution in [2.24, 2.45) is 0 Å². The Kier molecular flexibility index (Phi) is 4.82. The van der Waals surface area contributed by atoms with Gasteiger partial charge in [0.2, 0.25) is 0 Å². The van der Waals surface area contributed by atoms with Gasteiger partial charge in [-0.25, -0.2) is 8.42 Å². The van der Waals surface area contributed by atoms with Crippen molar-refractivity contribution in [3.63, 3.8) is 0 Å². The average Bonchev–Trinajstić information content (AvgIpc) is 2.65. The van der Waals surface area contributed by atoms with Crippen molar-refractivity contribution in [3.8, 4) is 0 Å². The van der Waals surface area contributed by atoms with Crippen LogP contribution in [0, 0.1) is 0 Å². The van der Waals surface area contributed by atoms with E-state index in [9.17, 15) is 13.5 Å². The lowest BCUT2D eigenvalue weighted by Gasteiger charge is -2.26. The van der Waals surface area contributed by atoms with Crippen molar-refractivity contribution in [3.05, 3.63) is 15.9 Å². The number of rotatable bonds is 3. The Hall–Kier alpha value is 0.0500. The van der Waals surface area contributed by atoms with E-state index in [0.29, 0.717) is 10.8 Å². The maximum absolute atomic E-state index is 12.5.